The Morgan fingerprint density at radius 3 is 2.46 bits per heavy atom. The highest BCUT2D eigenvalue weighted by atomic mass is 35.5. The fourth-order valence-electron chi connectivity index (χ4n) is 3.91. The number of carbonyl (C=O) groups excluding carboxylic acids is 1. The van der Waals surface area contributed by atoms with E-state index < -0.39 is 21.8 Å². The molecule has 0 aliphatic heterocycles. The second kappa shape index (κ2) is 10.6. The van der Waals surface area contributed by atoms with E-state index in [0.717, 1.165) is 6.07 Å². The molecule has 0 radical (unpaired) electrons. The molecule has 0 aromatic heterocycles. The molecule has 3 N–H and O–H groups in total. The van der Waals surface area contributed by atoms with Gasteiger partial charge in [-0.3, -0.25) is 9.35 Å². The number of amides is 1. The number of halogens is 1. The number of fused-ring (bicyclic) bond motifs is 1. The molecular weight excluding hydrogens is 518 g/mol. The molecule has 190 valence electrons. The van der Waals surface area contributed by atoms with E-state index in [1.807, 2.05) is 0 Å². The van der Waals surface area contributed by atoms with Gasteiger partial charge in [0.1, 0.15) is 16.3 Å². The van der Waals surface area contributed by atoms with Crippen LogP contribution in [-0.4, -0.2) is 31.1 Å². The Labute approximate surface area is 218 Å². The standard InChI is InChI=1S/C26H22ClN3O6S/c1-3-17-21(13-16(27)14-23(17)37(33,34)35)29-30-24-18-9-5-4-8-15(18)12-19(25(24)31)26(32)28-20-10-6-7-11-22(20)36-2/h4-14,31H,3H2,1-2H3,(H,28,32)(H,33,34,35). The maximum absolute atomic E-state index is 13.2. The second-order valence-corrected chi connectivity index (χ2v) is 9.75. The summed E-state index contributed by atoms with van der Waals surface area (Å²) in [5, 5.41) is 23.3. The molecule has 1 amide bonds. The van der Waals surface area contributed by atoms with Crippen molar-refractivity contribution in [3.8, 4) is 11.5 Å². The first-order valence-electron chi connectivity index (χ1n) is 11.0. The second-order valence-electron chi connectivity index (χ2n) is 7.93. The largest absolute Gasteiger partial charge is 0.505 e. The van der Waals surface area contributed by atoms with E-state index in [2.05, 4.69) is 15.5 Å². The highest BCUT2D eigenvalue weighted by Gasteiger charge is 2.21. The van der Waals surface area contributed by atoms with Crippen molar-refractivity contribution in [3.05, 3.63) is 82.9 Å². The lowest BCUT2D eigenvalue weighted by Crippen LogP contribution is -2.13. The third-order valence-corrected chi connectivity index (χ3v) is 6.77. The van der Waals surface area contributed by atoms with E-state index in [-0.39, 0.29) is 38.8 Å². The van der Waals surface area contributed by atoms with E-state index >= 15 is 0 Å². The third kappa shape index (κ3) is 5.41. The first-order chi connectivity index (χ1) is 17.6. The highest BCUT2D eigenvalue weighted by molar-refractivity contribution is 7.85. The van der Waals surface area contributed by atoms with Gasteiger partial charge in [0.25, 0.3) is 16.0 Å². The van der Waals surface area contributed by atoms with E-state index in [1.54, 1.807) is 55.5 Å². The number of hydrogen-bond donors (Lipinski definition) is 3. The molecule has 0 aliphatic rings. The molecule has 0 spiro atoms. The predicted octanol–water partition coefficient (Wildman–Crippen LogP) is 6.68. The number of aromatic hydroxyl groups is 1. The van der Waals surface area contributed by atoms with Crippen molar-refractivity contribution in [2.75, 3.05) is 12.4 Å². The van der Waals surface area contributed by atoms with Crippen LogP contribution < -0.4 is 10.1 Å². The third-order valence-electron chi connectivity index (χ3n) is 5.63. The van der Waals surface area contributed by atoms with Crippen molar-refractivity contribution in [2.45, 2.75) is 18.2 Å². The zero-order chi connectivity index (χ0) is 26.7. The van der Waals surface area contributed by atoms with Crippen molar-refractivity contribution < 1.29 is 27.6 Å². The van der Waals surface area contributed by atoms with Crippen LogP contribution in [0.5, 0.6) is 11.5 Å². The zero-order valence-electron chi connectivity index (χ0n) is 19.8. The summed E-state index contributed by atoms with van der Waals surface area (Å²) in [6, 6.07) is 17.9. The number of para-hydroxylation sites is 2. The Kier molecular flexibility index (Phi) is 7.44. The molecule has 0 unspecified atom stereocenters. The van der Waals surface area contributed by atoms with Gasteiger partial charge in [0.2, 0.25) is 0 Å². The molecule has 0 bridgehead atoms. The number of ether oxygens (including phenoxy) is 1. The summed E-state index contributed by atoms with van der Waals surface area (Å²) in [5.41, 5.74) is 0.646. The molecule has 0 saturated carbocycles. The van der Waals surface area contributed by atoms with Crippen molar-refractivity contribution in [1.82, 2.24) is 0 Å². The number of rotatable bonds is 7. The van der Waals surface area contributed by atoms with Crippen LogP contribution in [0.3, 0.4) is 0 Å². The zero-order valence-corrected chi connectivity index (χ0v) is 21.3. The Morgan fingerprint density at radius 1 is 1.05 bits per heavy atom. The summed E-state index contributed by atoms with van der Waals surface area (Å²) in [6.45, 7) is 1.69. The summed E-state index contributed by atoms with van der Waals surface area (Å²) in [7, 11) is -3.09. The summed E-state index contributed by atoms with van der Waals surface area (Å²) in [5.74, 6) is -0.585. The lowest BCUT2D eigenvalue weighted by molar-refractivity contribution is 0.102. The van der Waals surface area contributed by atoms with Crippen molar-refractivity contribution >= 4 is 55.5 Å². The molecule has 0 heterocycles. The molecule has 4 rings (SSSR count). The predicted molar refractivity (Wildman–Crippen MR) is 141 cm³/mol. The summed E-state index contributed by atoms with van der Waals surface area (Å²) >= 11 is 6.07. The SMILES string of the molecule is CCc1c(N=Nc2c(O)c(C(=O)Nc3ccccc3OC)cc3ccccc23)cc(Cl)cc1S(=O)(=O)O. The van der Waals surface area contributed by atoms with Gasteiger partial charge in [-0.25, -0.2) is 0 Å². The number of azo groups is 1. The van der Waals surface area contributed by atoms with Crippen molar-refractivity contribution in [3.63, 3.8) is 0 Å². The molecule has 37 heavy (non-hydrogen) atoms. The van der Waals surface area contributed by atoms with Gasteiger partial charge >= 0.3 is 0 Å². The fourth-order valence-corrected chi connectivity index (χ4v) is 5.02. The Bertz CT molecular complexity index is 1650. The van der Waals surface area contributed by atoms with Crippen LogP contribution in [0.15, 0.2) is 81.9 Å². The molecule has 4 aromatic carbocycles. The van der Waals surface area contributed by atoms with Crippen LogP contribution in [0.25, 0.3) is 10.8 Å². The number of phenolic OH excluding ortho intramolecular Hbond substituents is 1. The first-order valence-corrected chi connectivity index (χ1v) is 12.9. The quantitative estimate of drug-likeness (QED) is 0.177. The van der Waals surface area contributed by atoms with Gasteiger partial charge in [-0.15, -0.1) is 5.11 Å². The van der Waals surface area contributed by atoms with Crippen LogP contribution in [0.1, 0.15) is 22.8 Å². The van der Waals surface area contributed by atoms with E-state index in [1.165, 1.54) is 19.2 Å². The van der Waals surface area contributed by atoms with Crippen LogP contribution in [-0.2, 0) is 16.5 Å². The minimum Gasteiger partial charge on any atom is -0.505 e. The highest BCUT2D eigenvalue weighted by Crippen LogP contribution is 2.41. The van der Waals surface area contributed by atoms with E-state index in [4.69, 9.17) is 16.3 Å². The van der Waals surface area contributed by atoms with Crippen LogP contribution in [0.2, 0.25) is 5.02 Å². The van der Waals surface area contributed by atoms with Gasteiger partial charge in [-0.05, 0) is 42.1 Å². The number of hydrogen-bond acceptors (Lipinski definition) is 7. The molecule has 9 nitrogen and oxygen atoms in total. The average molecular weight is 540 g/mol. The first kappa shape index (κ1) is 26.1. The minimum atomic E-state index is -4.57. The van der Waals surface area contributed by atoms with Crippen molar-refractivity contribution in [2.24, 2.45) is 10.2 Å². The molecule has 0 atom stereocenters. The van der Waals surface area contributed by atoms with Crippen molar-refractivity contribution in [1.29, 1.82) is 0 Å². The van der Waals surface area contributed by atoms with Crippen LogP contribution in [0, 0.1) is 0 Å². The maximum atomic E-state index is 13.2. The molecule has 0 aliphatic carbocycles. The number of benzene rings is 4. The Balaban J connectivity index is 1.85. The number of anilines is 1. The molecule has 0 fully saturated rings. The summed E-state index contributed by atoms with van der Waals surface area (Å²) in [6.07, 6.45) is 0.203. The lowest BCUT2D eigenvalue weighted by Gasteiger charge is -2.13. The monoisotopic (exact) mass is 539 g/mol. The molecule has 4 aromatic rings. The lowest BCUT2D eigenvalue weighted by atomic mass is 10.0. The number of methoxy groups -OCH3 is 1. The Morgan fingerprint density at radius 2 is 1.76 bits per heavy atom. The van der Waals surface area contributed by atoms with Gasteiger partial charge in [-0.1, -0.05) is 54.9 Å². The van der Waals surface area contributed by atoms with Gasteiger partial charge in [-0.2, -0.15) is 13.5 Å². The topological polar surface area (TPSA) is 138 Å². The number of nitrogens with zero attached hydrogens (tertiary/aromatic N) is 2. The fraction of sp³-hybridized carbons (Fsp3) is 0.115. The number of carbonyl (C=O) groups is 1. The van der Waals surface area contributed by atoms with Gasteiger partial charge < -0.3 is 15.2 Å². The van der Waals surface area contributed by atoms with E-state index in [9.17, 15) is 22.9 Å². The Hall–Kier alpha value is -3.99. The summed E-state index contributed by atoms with van der Waals surface area (Å²) in [4.78, 5) is 12.8. The van der Waals surface area contributed by atoms with Gasteiger partial charge in [0.15, 0.2) is 5.75 Å². The van der Waals surface area contributed by atoms with Gasteiger partial charge in [0, 0.05) is 16.0 Å². The maximum Gasteiger partial charge on any atom is 0.294 e. The van der Waals surface area contributed by atoms with E-state index in [0.29, 0.717) is 22.2 Å². The minimum absolute atomic E-state index is 0.00119. The van der Waals surface area contributed by atoms with Gasteiger partial charge in [0.05, 0.1) is 24.0 Å². The molecular formula is C26H22ClN3O6S. The van der Waals surface area contributed by atoms with Crippen LogP contribution >= 0.6 is 11.6 Å². The summed E-state index contributed by atoms with van der Waals surface area (Å²) < 4.78 is 38.6. The normalized spacial score (nSPS) is 11.7. The molecule has 0 saturated heterocycles. The number of phenols is 1. The van der Waals surface area contributed by atoms with Crippen LogP contribution in [0.4, 0.5) is 17.1 Å². The smallest absolute Gasteiger partial charge is 0.294 e. The molecule has 11 heteroatoms. The number of nitrogens with one attached hydrogen (secondary N) is 1. The average Bonchev–Trinajstić information content (AvgIpc) is 2.87.